The highest BCUT2D eigenvalue weighted by Crippen LogP contribution is 2.37. The van der Waals surface area contributed by atoms with Crippen molar-refractivity contribution in [3.8, 4) is 0 Å². The van der Waals surface area contributed by atoms with Gasteiger partial charge in [0.1, 0.15) is 0 Å². The Morgan fingerprint density at radius 1 is 1.24 bits per heavy atom. The van der Waals surface area contributed by atoms with E-state index in [0.29, 0.717) is 29.9 Å². The summed E-state index contributed by atoms with van der Waals surface area (Å²) in [5.41, 5.74) is 0.614. The molecule has 6 nitrogen and oxygen atoms in total. The van der Waals surface area contributed by atoms with Crippen LogP contribution >= 0.6 is 0 Å². The maximum atomic E-state index is 13.1. The molecule has 29 heavy (non-hydrogen) atoms. The summed E-state index contributed by atoms with van der Waals surface area (Å²) in [7, 11) is 3.79. The molecule has 0 unspecified atom stereocenters. The summed E-state index contributed by atoms with van der Waals surface area (Å²) in [5, 5.41) is 2.76. The molecule has 1 atom stereocenters. The molecule has 2 heterocycles. The third kappa shape index (κ3) is 4.14. The van der Waals surface area contributed by atoms with Gasteiger partial charge in [0, 0.05) is 19.6 Å². The average Bonchev–Trinajstić information content (AvgIpc) is 2.98. The van der Waals surface area contributed by atoms with Crippen molar-refractivity contribution in [3.63, 3.8) is 0 Å². The zero-order chi connectivity index (χ0) is 21.3. The van der Waals surface area contributed by atoms with Gasteiger partial charge in [0.25, 0.3) is 5.91 Å². The summed E-state index contributed by atoms with van der Waals surface area (Å²) >= 11 is 0. The molecule has 9 heteroatoms. The standard InChI is InChI=1S/C20H23F3N4O2/c1-4-9-27-15-12-26(11-10-25(2)3)18(28)16(15)17(24-19(27)29)13-5-7-14(8-6-13)20(21,22)23/h4-8,17H,1,9-12H2,2-3H3,(H,24,29)/t17-/m1/s1. The van der Waals surface area contributed by atoms with E-state index >= 15 is 0 Å². The first kappa shape index (κ1) is 20.9. The van der Waals surface area contributed by atoms with Crippen LogP contribution in [0.1, 0.15) is 17.2 Å². The maximum Gasteiger partial charge on any atom is 0.416 e. The topological polar surface area (TPSA) is 55.9 Å². The molecule has 3 amide bonds. The monoisotopic (exact) mass is 408 g/mol. The number of benzene rings is 1. The zero-order valence-corrected chi connectivity index (χ0v) is 16.3. The number of nitrogens with zero attached hydrogens (tertiary/aromatic N) is 3. The molecule has 0 aromatic heterocycles. The van der Waals surface area contributed by atoms with Crippen LogP contribution in [0.2, 0.25) is 0 Å². The number of nitrogens with one attached hydrogen (secondary N) is 1. The summed E-state index contributed by atoms with van der Waals surface area (Å²) in [6, 6.07) is 3.32. The Kier molecular flexibility index (Phi) is 5.70. The minimum absolute atomic E-state index is 0.221. The lowest BCUT2D eigenvalue weighted by Gasteiger charge is -2.33. The summed E-state index contributed by atoms with van der Waals surface area (Å²) in [4.78, 5) is 30.8. The number of hydrogen-bond acceptors (Lipinski definition) is 3. The van der Waals surface area contributed by atoms with Gasteiger partial charge < -0.3 is 15.1 Å². The molecular weight excluding hydrogens is 385 g/mol. The Morgan fingerprint density at radius 2 is 1.90 bits per heavy atom. The fraction of sp³-hybridized carbons (Fsp3) is 0.400. The van der Waals surface area contributed by atoms with E-state index in [2.05, 4.69) is 11.9 Å². The molecule has 1 aromatic carbocycles. The molecule has 2 aliphatic rings. The van der Waals surface area contributed by atoms with E-state index in [1.165, 1.54) is 17.0 Å². The van der Waals surface area contributed by atoms with Crippen molar-refractivity contribution in [2.24, 2.45) is 0 Å². The Balaban J connectivity index is 1.96. The van der Waals surface area contributed by atoms with Crippen molar-refractivity contribution in [1.82, 2.24) is 20.0 Å². The second-order valence-electron chi connectivity index (χ2n) is 7.29. The molecule has 0 aliphatic carbocycles. The van der Waals surface area contributed by atoms with Crippen LogP contribution in [0.15, 0.2) is 48.2 Å². The first-order chi connectivity index (χ1) is 13.6. The van der Waals surface area contributed by atoms with E-state index in [-0.39, 0.29) is 19.0 Å². The first-order valence-corrected chi connectivity index (χ1v) is 9.16. The molecule has 1 aromatic rings. The minimum Gasteiger partial charge on any atom is -0.332 e. The van der Waals surface area contributed by atoms with Crippen LogP contribution in [-0.4, -0.2) is 66.9 Å². The van der Waals surface area contributed by atoms with Crippen LogP contribution in [0.3, 0.4) is 0 Å². The maximum absolute atomic E-state index is 13.1. The summed E-state index contributed by atoms with van der Waals surface area (Å²) in [6.07, 6.45) is -2.89. The van der Waals surface area contributed by atoms with Gasteiger partial charge in [-0.2, -0.15) is 13.2 Å². The van der Waals surface area contributed by atoms with Gasteiger partial charge >= 0.3 is 12.2 Å². The predicted molar refractivity (Wildman–Crippen MR) is 102 cm³/mol. The van der Waals surface area contributed by atoms with Gasteiger partial charge in [0.05, 0.1) is 29.4 Å². The minimum atomic E-state index is -4.45. The molecule has 2 aliphatic heterocycles. The van der Waals surface area contributed by atoms with Gasteiger partial charge in [-0.25, -0.2) is 4.79 Å². The van der Waals surface area contributed by atoms with Gasteiger partial charge in [-0.1, -0.05) is 18.2 Å². The Morgan fingerprint density at radius 3 is 2.45 bits per heavy atom. The highest BCUT2D eigenvalue weighted by atomic mass is 19.4. The summed E-state index contributed by atoms with van der Waals surface area (Å²) < 4.78 is 38.6. The van der Waals surface area contributed by atoms with E-state index in [9.17, 15) is 22.8 Å². The number of alkyl halides is 3. The number of urea groups is 1. The van der Waals surface area contributed by atoms with Crippen LogP contribution in [0.4, 0.5) is 18.0 Å². The van der Waals surface area contributed by atoms with E-state index in [1.807, 2.05) is 19.0 Å². The van der Waals surface area contributed by atoms with E-state index in [4.69, 9.17) is 0 Å². The molecule has 156 valence electrons. The SMILES string of the molecule is C=CCN1C(=O)N[C@H](c2ccc(C(F)(F)F)cc2)C2=C1CN(CCN(C)C)C2=O. The predicted octanol–water partition coefficient (Wildman–Crippen LogP) is 2.62. The lowest BCUT2D eigenvalue weighted by Crippen LogP contribution is -2.47. The second kappa shape index (κ2) is 7.90. The van der Waals surface area contributed by atoms with E-state index in [1.54, 1.807) is 11.0 Å². The quantitative estimate of drug-likeness (QED) is 0.737. The van der Waals surface area contributed by atoms with Gasteiger partial charge in [-0.05, 0) is 31.8 Å². The number of hydrogen-bond donors (Lipinski definition) is 1. The number of carbonyl (C=O) groups excluding carboxylic acids is 2. The highest BCUT2D eigenvalue weighted by Gasteiger charge is 2.43. The lowest BCUT2D eigenvalue weighted by atomic mass is 9.94. The summed E-state index contributed by atoms with van der Waals surface area (Å²) in [5.74, 6) is -0.221. The van der Waals surface area contributed by atoms with Crippen molar-refractivity contribution >= 4 is 11.9 Å². The van der Waals surface area contributed by atoms with Gasteiger partial charge in [0.15, 0.2) is 0 Å². The van der Waals surface area contributed by atoms with Crippen molar-refractivity contribution in [1.29, 1.82) is 0 Å². The van der Waals surface area contributed by atoms with Crippen LogP contribution in [0.25, 0.3) is 0 Å². The number of amides is 3. The first-order valence-electron chi connectivity index (χ1n) is 9.16. The van der Waals surface area contributed by atoms with Crippen LogP contribution < -0.4 is 5.32 Å². The van der Waals surface area contributed by atoms with Crippen LogP contribution in [-0.2, 0) is 11.0 Å². The molecule has 1 N–H and O–H groups in total. The van der Waals surface area contributed by atoms with Gasteiger partial charge in [-0.15, -0.1) is 6.58 Å². The fourth-order valence-corrected chi connectivity index (χ4v) is 3.49. The van der Waals surface area contributed by atoms with Crippen LogP contribution in [0, 0.1) is 0 Å². The second-order valence-corrected chi connectivity index (χ2v) is 7.29. The van der Waals surface area contributed by atoms with Crippen molar-refractivity contribution in [3.05, 3.63) is 59.3 Å². The van der Waals surface area contributed by atoms with Gasteiger partial charge in [0.2, 0.25) is 0 Å². The number of carbonyl (C=O) groups is 2. The third-order valence-corrected chi connectivity index (χ3v) is 5.00. The Labute approximate surface area is 167 Å². The molecule has 0 saturated carbocycles. The molecular formula is C20H23F3N4O2. The number of rotatable bonds is 6. The molecule has 0 bridgehead atoms. The number of halogens is 3. The lowest BCUT2D eigenvalue weighted by molar-refractivity contribution is -0.137. The zero-order valence-electron chi connectivity index (χ0n) is 16.3. The van der Waals surface area contributed by atoms with Crippen LogP contribution in [0.5, 0.6) is 0 Å². The van der Waals surface area contributed by atoms with E-state index < -0.39 is 23.8 Å². The average molecular weight is 408 g/mol. The van der Waals surface area contributed by atoms with E-state index in [0.717, 1.165) is 12.1 Å². The number of likely N-dealkylation sites (N-methyl/N-ethyl adjacent to an activating group) is 1. The molecule has 3 rings (SSSR count). The highest BCUT2D eigenvalue weighted by molar-refractivity contribution is 6.01. The molecule has 0 saturated heterocycles. The third-order valence-electron chi connectivity index (χ3n) is 5.00. The van der Waals surface area contributed by atoms with Crippen molar-refractivity contribution in [2.45, 2.75) is 12.2 Å². The smallest absolute Gasteiger partial charge is 0.332 e. The van der Waals surface area contributed by atoms with Crippen molar-refractivity contribution in [2.75, 3.05) is 40.3 Å². The molecule has 0 spiro atoms. The summed E-state index contributed by atoms with van der Waals surface area (Å²) in [6.45, 7) is 5.30. The van der Waals surface area contributed by atoms with Gasteiger partial charge in [-0.3, -0.25) is 9.69 Å². The largest absolute Gasteiger partial charge is 0.416 e. The normalized spacial score (nSPS) is 19.7. The van der Waals surface area contributed by atoms with Crippen molar-refractivity contribution < 1.29 is 22.8 Å². The molecule has 0 fully saturated rings. The fourth-order valence-electron chi connectivity index (χ4n) is 3.49. The Bertz CT molecular complexity index is 846. The molecule has 0 radical (unpaired) electrons. The Hall–Kier alpha value is -2.81.